The van der Waals surface area contributed by atoms with Gasteiger partial charge in [0.2, 0.25) is 6.29 Å². The third-order valence-corrected chi connectivity index (χ3v) is 3.99. The van der Waals surface area contributed by atoms with Crippen molar-refractivity contribution >= 4 is 17.6 Å². The van der Waals surface area contributed by atoms with Crippen molar-refractivity contribution in [1.82, 2.24) is 0 Å². The number of aliphatic hydroxyl groups is 3. The zero-order valence-corrected chi connectivity index (χ0v) is 15.7. The van der Waals surface area contributed by atoms with Crippen molar-refractivity contribution in [3.63, 3.8) is 0 Å². The average Bonchev–Trinajstić information content (AvgIpc) is 2.61. The van der Waals surface area contributed by atoms with Gasteiger partial charge in [-0.1, -0.05) is 6.07 Å². The Labute approximate surface area is 161 Å². The number of esters is 1. The molecule has 1 heterocycles. The van der Waals surface area contributed by atoms with Crippen LogP contribution in [0.15, 0.2) is 18.2 Å². The fraction of sp³-hybridized carbons (Fsp3) is 0.556. The van der Waals surface area contributed by atoms with Crippen LogP contribution >= 0.6 is 0 Å². The zero-order valence-electron chi connectivity index (χ0n) is 15.7. The summed E-state index contributed by atoms with van der Waals surface area (Å²) in [7, 11) is 0. The van der Waals surface area contributed by atoms with E-state index in [1.807, 2.05) is 13.8 Å². The Bertz CT molecular complexity index is 708. The Morgan fingerprint density at radius 3 is 2.43 bits per heavy atom. The van der Waals surface area contributed by atoms with E-state index in [-0.39, 0.29) is 18.4 Å². The molecule has 1 aromatic rings. The van der Waals surface area contributed by atoms with Gasteiger partial charge in [0, 0.05) is 13.0 Å². The van der Waals surface area contributed by atoms with Crippen LogP contribution in [0.25, 0.3) is 0 Å². The highest BCUT2D eigenvalue weighted by molar-refractivity contribution is 5.73. The average molecular weight is 399 g/mol. The number of carbonyl (C=O) groups excluding carboxylic acids is 1. The molecule has 1 fully saturated rings. The molecule has 5 N–H and O–H groups in total. The lowest BCUT2D eigenvalue weighted by Crippen LogP contribution is -2.61. The van der Waals surface area contributed by atoms with E-state index >= 15 is 0 Å². The maximum atomic E-state index is 11.2. The predicted octanol–water partition coefficient (Wildman–Crippen LogP) is -0.159. The first-order valence-corrected chi connectivity index (χ1v) is 8.72. The van der Waals surface area contributed by atoms with Gasteiger partial charge in [-0.15, -0.1) is 0 Å². The van der Waals surface area contributed by atoms with Crippen LogP contribution in [0.3, 0.4) is 0 Å². The summed E-state index contributed by atoms with van der Waals surface area (Å²) in [5.74, 6) is -1.77. The number of aliphatic carboxylic acids is 1. The monoisotopic (exact) mass is 399 g/mol. The van der Waals surface area contributed by atoms with E-state index < -0.39 is 42.6 Å². The summed E-state index contributed by atoms with van der Waals surface area (Å²) in [5, 5.41) is 42.1. The van der Waals surface area contributed by atoms with Gasteiger partial charge in [-0.05, 0) is 31.5 Å². The lowest BCUT2D eigenvalue weighted by Gasteiger charge is -2.38. The minimum atomic E-state index is -1.81. The highest BCUT2D eigenvalue weighted by Crippen LogP contribution is 2.31. The number of anilines is 1. The first-order valence-electron chi connectivity index (χ1n) is 8.72. The second kappa shape index (κ2) is 9.20. The van der Waals surface area contributed by atoms with Gasteiger partial charge in [-0.2, -0.15) is 0 Å². The molecule has 1 aliphatic heterocycles. The van der Waals surface area contributed by atoms with E-state index in [0.717, 1.165) is 0 Å². The molecule has 1 aliphatic rings. The van der Waals surface area contributed by atoms with Crippen molar-refractivity contribution in [2.45, 2.75) is 64.1 Å². The van der Waals surface area contributed by atoms with Gasteiger partial charge in [-0.25, -0.2) is 4.79 Å². The molecule has 0 spiro atoms. The van der Waals surface area contributed by atoms with E-state index in [1.165, 1.54) is 13.0 Å². The van der Waals surface area contributed by atoms with Gasteiger partial charge < -0.3 is 40.0 Å². The van der Waals surface area contributed by atoms with Crippen molar-refractivity contribution < 1.29 is 44.2 Å². The third kappa shape index (κ3) is 5.32. The van der Waals surface area contributed by atoms with E-state index in [1.54, 1.807) is 12.1 Å². The maximum absolute atomic E-state index is 11.2. The standard InChI is InChI=1S/C18H25NO9/c1-8(2)19-11-5-4-10(7-26-9(3)20)6-12(11)27-18-15(23)13(21)14(22)16(28-18)17(24)25/h4-6,8,13-16,18-19,21-23H,7H2,1-3H3,(H,24,25)/t13-,14-,15+,16-,18+/m0/s1. The van der Waals surface area contributed by atoms with Crippen LogP contribution in [0.4, 0.5) is 5.69 Å². The summed E-state index contributed by atoms with van der Waals surface area (Å²) in [5.41, 5.74) is 1.10. The molecule has 1 aromatic carbocycles. The predicted molar refractivity (Wildman–Crippen MR) is 95.6 cm³/mol. The molecular formula is C18H25NO9. The molecule has 0 radical (unpaired) electrons. The van der Waals surface area contributed by atoms with E-state index in [4.69, 9.17) is 19.3 Å². The van der Waals surface area contributed by atoms with Gasteiger partial charge in [0.25, 0.3) is 0 Å². The van der Waals surface area contributed by atoms with Crippen molar-refractivity contribution in [3.05, 3.63) is 23.8 Å². The summed E-state index contributed by atoms with van der Waals surface area (Å²) >= 11 is 0. The van der Waals surface area contributed by atoms with Crippen molar-refractivity contribution in [2.24, 2.45) is 0 Å². The zero-order chi connectivity index (χ0) is 21.0. The Balaban J connectivity index is 2.28. The highest BCUT2D eigenvalue weighted by atomic mass is 16.7. The summed E-state index contributed by atoms with van der Waals surface area (Å²) in [4.78, 5) is 22.3. The minimum Gasteiger partial charge on any atom is -0.479 e. The maximum Gasteiger partial charge on any atom is 0.335 e. The summed E-state index contributed by atoms with van der Waals surface area (Å²) in [6, 6.07) is 4.94. The number of ether oxygens (including phenoxy) is 3. The van der Waals surface area contributed by atoms with Gasteiger partial charge >= 0.3 is 11.9 Å². The van der Waals surface area contributed by atoms with Gasteiger partial charge in [0.1, 0.15) is 30.7 Å². The molecular weight excluding hydrogens is 374 g/mol. The molecule has 156 valence electrons. The quantitative estimate of drug-likeness (QED) is 0.391. The molecule has 2 rings (SSSR count). The number of benzene rings is 1. The Morgan fingerprint density at radius 2 is 1.86 bits per heavy atom. The molecule has 28 heavy (non-hydrogen) atoms. The molecule has 10 heteroatoms. The number of carboxylic acid groups (broad SMARTS) is 1. The Morgan fingerprint density at radius 1 is 1.18 bits per heavy atom. The van der Waals surface area contributed by atoms with E-state index in [0.29, 0.717) is 11.3 Å². The number of rotatable bonds is 7. The first kappa shape index (κ1) is 21.9. The lowest BCUT2D eigenvalue weighted by molar-refractivity contribution is -0.271. The lowest BCUT2D eigenvalue weighted by atomic mass is 9.99. The van der Waals surface area contributed by atoms with Crippen LogP contribution < -0.4 is 10.1 Å². The van der Waals surface area contributed by atoms with Gasteiger partial charge in [0.15, 0.2) is 6.10 Å². The molecule has 10 nitrogen and oxygen atoms in total. The molecule has 0 amide bonds. The van der Waals surface area contributed by atoms with Crippen LogP contribution in [-0.4, -0.2) is 69.1 Å². The Hall–Kier alpha value is -2.40. The minimum absolute atomic E-state index is 0.0131. The van der Waals surface area contributed by atoms with Crippen LogP contribution in [-0.2, 0) is 25.7 Å². The van der Waals surface area contributed by atoms with E-state index in [2.05, 4.69) is 5.32 Å². The SMILES string of the molecule is CC(=O)OCc1ccc(NC(C)C)c(O[C@@H]2O[C@H](C(=O)O)[C@@H](O)[C@H](O)[C@H]2O)c1. The molecule has 0 aromatic heterocycles. The van der Waals surface area contributed by atoms with Crippen LogP contribution in [0.5, 0.6) is 5.75 Å². The van der Waals surface area contributed by atoms with E-state index in [9.17, 15) is 24.9 Å². The van der Waals surface area contributed by atoms with Gasteiger partial charge in [-0.3, -0.25) is 4.79 Å². The summed E-state index contributed by atoms with van der Waals surface area (Å²) < 4.78 is 15.7. The number of aliphatic hydroxyl groups excluding tert-OH is 3. The third-order valence-electron chi connectivity index (χ3n) is 3.99. The number of carbonyl (C=O) groups is 2. The first-order chi connectivity index (χ1) is 13.1. The smallest absolute Gasteiger partial charge is 0.335 e. The molecule has 0 unspecified atom stereocenters. The number of carboxylic acids is 1. The molecule has 1 saturated heterocycles. The van der Waals surface area contributed by atoms with Crippen molar-refractivity contribution in [3.8, 4) is 5.75 Å². The van der Waals surface area contributed by atoms with Gasteiger partial charge in [0.05, 0.1) is 5.69 Å². The van der Waals surface area contributed by atoms with Crippen molar-refractivity contribution in [1.29, 1.82) is 0 Å². The Kier molecular flexibility index (Phi) is 7.19. The fourth-order valence-corrected chi connectivity index (χ4v) is 2.64. The van der Waals surface area contributed by atoms with Crippen molar-refractivity contribution in [2.75, 3.05) is 5.32 Å². The molecule has 0 saturated carbocycles. The fourth-order valence-electron chi connectivity index (χ4n) is 2.64. The largest absolute Gasteiger partial charge is 0.479 e. The molecule has 0 aliphatic carbocycles. The van der Waals surface area contributed by atoms with Crippen LogP contribution in [0.2, 0.25) is 0 Å². The summed E-state index contributed by atoms with van der Waals surface area (Å²) in [6.07, 6.45) is -8.58. The highest BCUT2D eigenvalue weighted by Gasteiger charge is 2.48. The summed E-state index contributed by atoms with van der Waals surface area (Å²) in [6.45, 7) is 5.05. The topological polar surface area (TPSA) is 155 Å². The second-order valence-electron chi connectivity index (χ2n) is 6.76. The molecule has 0 bridgehead atoms. The second-order valence-corrected chi connectivity index (χ2v) is 6.76. The van der Waals surface area contributed by atoms with Crippen LogP contribution in [0.1, 0.15) is 26.3 Å². The van der Waals surface area contributed by atoms with Crippen LogP contribution in [0, 0.1) is 0 Å². The normalized spacial score (nSPS) is 27.3. The molecule has 5 atom stereocenters. The number of hydrogen-bond donors (Lipinski definition) is 5. The number of nitrogens with one attached hydrogen (secondary N) is 1. The number of hydrogen-bond acceptors (Lipinski definition) is 9.